The number of carbonyl (C=O) groups is 1. The molecule has 1 fully saturated rings. The lowest BCUT2D eigenvalue weighted by atomic mass is 9.98. The van der Waals surface area contributed by atoms with Crippen LogP contribution in [0.4, 0.5) is 5.82 Å². The fourth-order valence-corrected chi connectivity index (χ4v) is 4.89. The molecule has 29 heavy (non-hydrogen) atoms. The van der Waals surface area contributed by atoms with Crippen LogP contribution in [0.3, 0.4) is 0 Å². The molecule has 0 radical (unpaired) electrons. The van der Waals surface area contributed by atoms with Gasteiger partial charge in [-0.3, -0.25) is 9.00 Å². The van der Waals surface area contributed by atoms with E-state index in [-0.39, 0.29) is 0 Å². The van der Waals surface area contributed by atoms with Crippen LogP contribution in [0.2, 0.25) is 5.02 Å². The molecule has 4 rings (SSSR count). The maximum Gasteiger partial charge on any atom is 0.308 e. The van der Waals surface area contributed by atoms with Gasteiger partial charge in [0.25, 0.3) is 0 Å². The Bertz CT molecular complexity index is 1110. The minimum Gasteiger partial charge on any atom is -0.481 e. The van der Waals surface area contributed by atoms with E-state index in [9.17, 15) is 14.1 Å². The molecule has 1 N–H and O–H groups in total. The van der Waals surface area contributed by atoms with E-state index in [0.29, 0.717) is 46.6 Å². The van der Waals surface area contributed by atoms with Gasteiger partial charge in [-0.1, -0.05) is 23.7 Å². The molecule has 2 unspecified atom stereocenters. The summed E-state index contributed by atoms with van der Waals surface area (Å²) in [7, 11) is -1.30. The van der Waals surface area contributed by atoms with Gasteiger partial charge in [0.1, 0.15) is 4.90 Å². The molecule has 152 valence electrons. The number of carboxylic acid groups (broad SMARTS) is 1. The molecule has 9 heteroatoms. The highest BCUT2D eigenvalue weighted by atomic mass is 35.5. The normalized spacial score (nSPS) is 18.2. The van der Waals surface area contributed by atoms with Crippen molar-refractivity contribution in [2.24, 2.45) is 5.92 Å². The number of hydrogen-bond donors (Lipinski definition) is 1. The number of aromatic nitrogens is 3. The summed E-state index contributed by atoms with van der Waals surface area (Å²) in [5.74, 6) is -0.602. The van der Waals surface area contributed by atoms with E-state index in [2.05, 4.69) is 4.98 Å². The van der Waals surface area contributed by atoms with E-state index in [0.717, 1.165) is 17.7 Å². The van der Waals surface area contributed by atoms with Gasteiger partial charge >= 0.3 is 5.97 Å². The third kappa shape index (κ3) is 3.74. The van der Waals surface area contributed by atoms with Crippen molar-refractivity contribution in [3.63, 3.8) is 0 Å². The Labute approximate surface area is 175 Å². The van der Waals surface area contributed by atoms with Gasteiger partial charge in [-0.05, 0) is 31.9 Å². The zero-order chi connectivity index (χ0) is 20.7. The Hall–Kier alpha value is -2.45. The van der Waals surface area contributed by atoms with Gasteiger partial charge in [-0.25, -0.2) is 4.98 Å². The first-order chi connectivity index (χ1) is 13.8. The van der Waals surface area contributed by atoms with Gasteiger partial charge in [0.2, 0.25) is 0 Å². The summed E-state index contributed by atoms with van der Waals surface area (Å²) in [4.78, 5) is 18.8. The summed E-state index contributed by atoms with van der Waals surface area (Å²) in [6.45, 7) is 2.87. The van der Waals surface area contributed by atoms with E-state index < -0.39 is 22.7 Å². The quantitative estimate of drug-likeness (QED) is 0.679. The smallest absolute Gasteiger partial charge is 0.308 e. The summed E-state index contributed by atoms with van der Waals surface area (Å²) >= 11 is 5.99. The van der Waals surface area contributed by atoms with Crippen LogP contribution >= 0.6 is 11.6 Å². The highest BCUT2D eigenvalue weighted by molar-refractivity contribution is 7.84. The second-order valence-electron chi connectivity index (χ2n) is 7.23. The number of fused-ring (bicyclic) bond motifs is 1. The third-order valence-electron chi connectivity index (χ3n) is 5.20. The monoisotopic (exact) mass is 432 g/mol. The van der Waals surface area contributed by atoms with Crippen molar-refractivity contribution in [3.8, 4) is 11.3 Å². The van der Waals surface area contributed by atoms with Gasteiger partial charge in [0, 0.05) is 36.0 Å². The van der Waals surface area contributed by atoms with Crippen LogP contribution in [-0.4, -0.2) is 49.2 Å². The molecule has 0 aliphatic carbocycles. The fourth-order valence-electron chi connectivity index (χ4n) is 3.83. The van der Waals surface area contributed by atoms with Gasteiger partial charge in [-0.15, -0.1) is 0 Å². The summed E-state index contributed by atoms with van der Waals surface area (Å²) in [6.07, 6.45) is 3.00. The number of nitrogens with zero attached hydrogens (tertiary/aromatic N) is 4. The van der Waals surface area contributed by atoms with Crippen molar-refractivity contribution >= 4 is 39.8 Å². The predicted octanol–water partition coefficient (Wildman–Crippen LogP) is 3.40. The van der Waals surface area contributed by atoms with Crippen LogP contribution in [0.15, 0.2) is 35.2 Å². The van der Waals surface area contributed by atoms with Crippen LogP contribution in [0.1, 0.15) is 18.5 Å². The zero-order valence-corrected chi connectivity index (χ0v) is 17.7. The van der Waals surface area contributed by atoms with Crippen molar-refractivity contribution in [3.05, 3.63) is 41.0 Å². The molecule has 2 aromatic heterocycles. The number of carboxylic acids is 1. The first-order valence-corrected chi connectivity index (χ1v) is 11.3. The standard InChI is InChI=1S/C20H21ClN4O3S/c1-12-18(29(2)28)19(24-9-3-4-14(11-24)20(26)27)25-17(22-12)10-16(23-25)13-5-7-15(21)8-6-13/h5-8,10,14H,3-4,9,11H2,1-2H3,(H,26,27). The molecule has 1 aromatic carbocycles. The predicted molar refractivity (Wildman–Crippen MR) is 113 cm³/mol. The number of piperidine rings is 1. The molecule has 1 aliphatic rings. The number of hydrogen-bond acceptors (Lipinski definition) is 5. The Kier molecular flexibility index (Phi) is 5.31. The zero-order valence-electron chi connectivity index (χ0n) is 16.1. The Morgan fingerprint density at radius 3 is 2.69 bits per heavy atom. The Balaban J connectivity index is 1.90. The summed E-state index contributed by atoms with van der Waals surface area (Å²) in [5, 5.41) is 14.9. The number of benzene rings is 1. The highest BCUT2D eigenvalue weighted by Crippen LogP contribution is 2.32. The van der Waals surface area contributed by atoms with Gasteiger partial charge in [-0.2, -0.15) is 9.61 Å². The van der Waals surface area contributed by atoms with Gasteiger partial charge < -0.3 is 10.0 Å². The van der Waals surface area contributed by atoms with E-state index in [1.807, 2.05) is 30.0 Å². The first kappa shape index (κ1) is 19.8. The lowest BCUT2D eigenvalue weighted by molar-refractivity contribution is -0.141. The number of anilines is 1. The van der Waals surface area contributed by atoms with Crippen molar-refractivity contribution in [1.29, 1.82) is 0 Å². The van der Waals surface area contributed by atoms with E-state index in [1.165, 1.54) is 0 Å². The molecule has 0 spiro atoms. The first-order valence-electron chi connectivity index (χ1n) is 9.32. The maximum absolute atomic E-state index is 12.6. The molecule has 0 amide bonds. The fraction of sp³-hybridized carbons (Fsp3) is 0.350. The summed E-state index contributed by atoms with van der Waals surface area (Å²) < 4.78 is 14.3. The molecular weight excluding hydrogens is 412 g/mol. The third-order valence-corrected chi connectivity index (χ3v) is 6.51. The minimum atomic E-state index is -1.30. The number of rotatable bonds is 4. The molecule has 0 bridgehead atoms. The lowest BCUT2D eigenvalue weighted by Crippen LogP contribution is -2.40. The molecule has 1 saturated heterocycles. The topological polar surface area (TPSA) is 87.8 Å². The van der Waals surface area contributed by atoms with Crippen LogP contribution in [0.5, 0.6) is 0 Å². The molecule has 7 nitrogen and oxygen atoms in total. The number of aryl methyl sites for hydroxylation is 1. The van der Waals surface area contributed by atoms with Crippen LogP contribution in [-0.2, 0) is 15.6 Å². The molecular formula is C20H21ClN4O3S. The molecule has 3 heterocycles. The molecule has 3 aromatic rings. The Morgan fingerprint density at radius 1 is 1.31 bits per heavy atom. The second-order valence-corrected chi connectivity index (χ2v) is 8.99. The van der Waals surface area contributed by atoms with E-state index >= 15 is 0 Å². The SMILES string of the molecule is Cc1nc2cc(-c3ccc(Cl)cc3)nn2c(N2CCCC(C(=O)O)C2)c1S(C)=O. The summed E-state index contributed by atoms with van der Waals surface area (Å²) in [6, 6.07) is 9.25. The Morgan fingerprint density at radius 2 is 2.03 bits per heavy atom. The van der Waals surface area contributed by atoms with Crippen molar-refractivity contribution in [2.45, 2.75) is 24.7 Å². The largest absolute Gasteiger partial charge is 0.481 e. The molecule has 0 saturated carbocycles. The number of halogens is 1. The maximum atomic E-state index is 12.6. The van der Waals surface area contributed by atoms with Gasteiger partial charge in [0.15, 0.2) is 11.5 Å². The average molecular weight is 433 g/mol. The summed E-state index contributed by atoms with van der Waals surface area (Å²) in [5.41, 5.74) is 2.91. The van der Waals surface area contributed by atoms with Gasteiger partial charge in [0.05, 0.1) is 28.1 Å². The van der Waals surface area contributed by atoms with E-state index in [1.54, 1.807) is 22.9 Å². The van der Waals surface area contributed by atoms with Crippen LogP contribution < -0.4 is 4.90 Å². The molecule has 1 aliphatic heterocycles. The average Bonchev–Trinajstić information content (AvgIpc) is 3.10. The highest BCUT2D eigenvalue weighted by Gasteiger charge is 2.30. The van der Waals surface area contributed by atoms with Crippen molar-refractivity contribution < 1.29 is 14.1 Å². The van der Waals surface area contributed by atoms with Crippen LogP contribution in [0.25, 0.3) is 16.9 Å². The molecule has 2 atom stereocenters. The van der Waals surface area contributed by atoms with E-state index in [4.69, 9.17) is 16.7 Å². The van der Waals surface area contributed by atoms with Crippen molar-refractivity contribution in [2.75, 3.05) is 24.2 Å². The second kappa shape index (κ2) is 7.76. The van der Waals surface area contributed by atoms with Crippen LogP contribution in [0, 0.1) is 12.8 Å². The minimum absolute atomic E-state index is 0.355. The lowest BCUT2D eigenvalue weighted by Gasteiger charge is -2.33. The van der Waals surface area contributed by atoms with Crippen molar-refractivity contribution in [1.82, 2.24) is 14.6 Å². The number of aliphatic carboxylic acids is 1.